The molecule has 0 radical (unpaired) electrons. The molecule has 0 spiro atoms. The van der Waals surface area contributed by atoms with Crippen molar-refractivity contribution in [1.29, 1.82) is 0 Å². The van der Waals surface area contributed by atoms with Gasteiger partial charge in [0, 0.05) is 25.0 Å². The van der Waals surface area contributed by atoms with E-state index in [0.29, 0.717) is 48.6 Å². The molecule has 0 fully saturated rings. The number of rotatable bonds is 11. The Hall–Kier alpha value is -3.46. The number of anilines is 2. The summed E-state index contributed by atoms with van der Waals surface area (Å²) in [5.74, 6) is 1.85. The summed E-state index contributed by atoms with van der Waals surface area (Å²) in [4.78, 5) is 13.0. The lowest BCUT2D eigenvalue weighted by molar-refractivity contribution is 0.277. The molecular weight excluding hydrogens is 442 g/mol. The number of nitrogens with one attached hydrogen (secondary N) is 2. The first kappa shape index (κ1) is 22.7. The summed E-state index contributed by atoms with van der Waals surface area (Å²) >= 11 is 6.45. The van der Waals surface area contributed by atoms with Crippen LogP contribution in [0.5, 0.6) is 11.5 Å². The van der Waals surface area contributed by atoms with Crippen LogP contribution in [0.3, 0.4) is 0 Å². The van der Waals surface area contributed by atoms with Crippen LogP contribution in [0.4, 0.5) is 11.5 Å². The fourth-order valence-corrected chi connectivity index (χ4v) is 3.43. The van der Waals surface area contributed by atoms with Gasteiger partial charge in [-0.25, -0.2) is 9.97 Å². The Balaban J connectivity index is 1.49. The summed E-state index contributed by atoms with van der Waals surface area (Å²) in [6.45, 7) is 2.01. The number of halogens is 1. The second kappa shape index (κ2) is 11.4. The largest absolute Gasteiger partial charge is 0.491 e. The van der Waals surface area contributed by atoms with Gasteiger partial charge in [0.2, 0.25) is 0 Å². The van der Waals surface area contributed by atoms with Gasteiger partial charge in [-0.1, -0.05) is 23.7 Å². The summed E-state index contributed by atoms with van der Waals surface area (Å²) in [6, 6.07) is 16.8. The SMILES string of the molecule is OCCNCCOc1cccc2ncnc(Nc3ccc(OCc4ccccn4)c(Cl)c3)c12. The normalized spacial score (nSPS) is 10.8. The minimum absolute atomic E-state index is 0.0890. The molecule has 170 valence electrons. The first-order valence-corrected chi connectivity index (χ1v) is 10.9. The van der Waals surface area contributed by atoms with E-state index in [1.165, 1.54) is 6.33 Å². The Kier molecular flexibility index (Phi) is 7.86. The van der Waals surface area contributed by atoms with Gasteiger partial charge in [-0.05, 0) is 42.5 Å². The quantitative estimate of drug-likeness (QED) is 0.286. The molecule has 2 aromatic heterocycles. The van der Waals surface area contributed by atoms with Crippen molar-refractivity contribution in [1.82, 2.24) is 20.3 Å². The third-order valence-electron chi connectivity index (χ3n) is 4.75. The third-order valence-corrected chi connectivity index (χ3v) is 5.04. The van der Waals surface area contributed by atoms with Crippen LogP contribution < -0.4 is 20.1 Å². The number of nitrogens with zero attached hydrogens (tertiary/aromatic N) is 3. The molecule has 0 saturated carbocycles. The van der Waals surface area contributed by atoms with Gasteiger partial charge in [0.25, 0.3) is 0 Å². The smallest absolute Gasteiger partial charge is 0.145 e. The Labute approximate surface area is 196 Å². The van der Waals surface area contributed by atoms with Crippen LogP contribution >= 0.6 is 11.6 Å². The number of hydrogen-bond donors (Lipinski definition) is 3. The molecule has 33 heavy (non-hydrogen) atoms. The first-order valence-electron chi connectivity index (χ1n) is 10.5. The molecule has 0 saturated heterocycles. The predicted octanol–water partition coefficient (Wildman–Crippen LogP) is 3.96. The summed E-state index contributed by atoms with van der Waals surface area (Å²) < 4.78 is 11.7. The van der Waals surface area contributed by atoms with Gasteiger partial charge in [0.1, 0.15) is 36.9 Å². The van der Waals surface area contributed by atoms with Crippen molar-refractivity contribution in [3.8, 4) is 11.5 Å². The maximum absolute atomic E-state index is 8.87. The molecule has 0 atom stereocenters. The van der Waals surface area contributed by atoms with Gasteiger partial charge in [-0.2, -0.15) is 0 Å². The molecule has 0 bridgehead atoms. The second-order valence-electron chi connectivity index (χ2n) is 7.07. The van der Waals surface area contributed by atoms with Crippen molar-refractivity contribution >= 4 is 34.0 Å². The molecule has 4 rings (SSSR count). The zero-order chi connectivity index (χ0) is 22.9. The first-order chi connectivity index (χ1) is 16.2. The summed E-state index contributed by atoms with van der Waals surface area (Å²) in [6.07, 6.45) is 3.23. The molecule has 2 heterocycles. The zero-order valence-corrected chi connectivity index (χ0v) is 18.6. The molecule has 2 aromatic carbocycles. The molecule has 3 N–H and O–H groups in total. The van der Waals surface area contributed by atoms with Gasteiger partial charge in [-0.15, -0.1) is 0 Å². The third kappa shape index (κ3) is 6.07. The van der Waals surface area contributed by atoms with Crippen molar-refractivity contribution in [2.45, 2.75) is 6.61 Å². The monoisotopic (exact) mass is 465 g/mol. The van der Waals surface area contributed by atoms with E-state index in [9.17, 15) is 0 Å². The topological polar surface area (TPSA) is 101 Å². The molecule has 8 nitrogen and oxygen atoms in total. The van der Waals surface area contributed by atoms with Crippen molar-refractivity contribution in [3.05, 3.63) is 77.8 Å². The Morgan fingerprint density at radius 1 is 0.909 bits per heavy atom. The van der Waals surface area contributed by atoms with Gasteiger partial charge >= 0.3 is 0 Å². The Morgan fingerprint density at radius 3 is 2.67 bits per heavy atom. The number of ether oxygens (including phenoxy) is 2. The van der Waals surface area contributed by atoms with E-state index >= 15 is 0 Å². The average Bonchev–Trinajstić information content (AvgIpc) is 2.84. The molecule has 0 unspecified atom stereocenters. The highest BCUT2D eigenvalue weighted by molar-refractivity contribution is 6.32. The van der Waals surface area contributed by atoms with E-state index in [-0.39, 0.29) is 6.61 Å². The highest BCUT2D eigenvalue weighted by Gasteiger charge is 2.12. The second-order valence-corrected chi connectivity index (χ2v) is 7.48. The number of aromatic nitrogens is 3. The molecule has 0 aliphatic carbocycles. The molecule has 0 amide bonds. The summed E-state index contributed by atoms with van der Waals surface area (Å²) in [7, 11) is 0. The summed E-state index contributed by atoms with van der Waals surface area (Å²) in [5.41, 5.74) is 2.33. The minimum Gasteiger partial charge on any atom is -0.491 e. The Bertz CT molecular complexity index is 1190. The lowest BCUT2D eigenvalue weighted by atomic mass is 10.2. The van der Waals surface area contributed by atoms with Crippen LogP contribution in [0.2, 0.25) is 5.02 Å². The van der Waals surface area contributed by atoms with E-state index in [1.807, 2.05) is 42.5 Å². The fourth-order valence-electron chi connectivity index (χ4n) is 3.20. The molecule has 4 aromatic rings. The summed E-state index contributed by atoms with van der Waals surface area (Å²) in [5, 5.41) is 16.5. The maximum Gasteiger partial charge on any atom is 0.145 e. The molecule has 9 heteroatoms. The predicted molar refractivity (Wildman–Crippen MR) is 128 cm³/mol. The maximum atomic E-state index is 8.87. The van der Waals surface area contributed by atoms with Gasteiger partial charge in [0.05, 0.1) is 28.2 Å². The minimum atomic E-state index is 0.0890. The van der Waals surface area contributed by atoms with Crippen molar-refractivity contribution in [2.75, 3.05) is 31.6 Å². The van der Waals surface area contributed by atoms with Gasteiger partial charge in [0.15, 0.2) is 0 Å². The van der Waals surface area contributed by atoms with Crippen molar-refractivity contribution in [3.63, 3.8) is 0 Å². The average molecular weight is 466 g/mol. The number of pyridine rings is 1. The Morgan fingerprint density at radius 2 is 1.85 bits per heavy atom. The fraction of sp³-hybridized carbons (Fsp3) is 0.208. The highest BCUT2D eigenvalue weighted by Crippen LogP contribution is 2.34. The zero-order valence-electron chi connectivity index (χ0n) is 17.9. The molecular formula is C24H24ClN5O3. The number of fused-ring (bicyclic) bond motifs is 1. The van der Waals surface area contributed by atoms with E-state index in [2.05, 4.69) is 25.6 Å². The van der Waals surface area contributed by atoms with Crippen LogP contribution in [0, 0.1) is 0 Å². The lowest BCUT2D eigenvalue weighted by Crippen LogP contribution is -2.24. The number of aliphatic hydroxyl groups is 1. The van der Waals surface area contributed by atoms with E-state index < -0.39 is 0 Å². The lowest BCUT2D eigenvalue weighted by Gasteiger charge is -2.14. The van der Waals surface area contributed by atoms with Gasteiger partial charge < -0.3 is 25.2 Å². The van der Waals surface area contributed by atoms with Crippen LogP contribution in [-0.4, -0.2) is 46.4 Å². The van der Waals surface area contributed by atoms with Gasteiger partial charge in [-0.3, -0.25) is 4.98 Å². The molecule has 0 aliphatic rings. The number of aliphatic hydroxyl groups excluding tert-OH is 1. The van der Waals surface area contributed by atoms with Crippen molar-refractivity contribution < 1.29 is 14.6 Å². The van der Waals surface area contributed by atoms with Crippen molar-refractivity contribution in [2.24, 2.45) is 0 Å². The van der Waals surface area contributed by atoms with Crippen LogP contribution in [0.25, 0.3) is 10.9 Å². The number of hydrogen-bond acceptors (Lipinski definition) is 8. The highest BCUT2D eigenvalue weighted by atomic mass is 35.5. The molecule has 0 aliphatic heterocycles. The van der Waals surface area contributed by atoms with E-state index in [1.54, 1.807) is 18.3 Å². The van der Waals surface area contributed by atoms with Crippen LogP contribution in [0.15, 0.2) is 67.1 Å². The van der Waals surface area contributed by atoms with E-state index in [4.69, 9.17) is 26.2 Å². The van der Waals surface area contributed by atoms with Crippen LogP contribution in [0.1, 0.15) is 5.69 Å². The van der Waals surface area contributed by atoms with Crippen LogP contribution in [-0.2, 0) is 6.61 Å². The van der Waals surface area contributed by atoms with E-state index in [0.717, 1.165) is 22.3 Å². The standard InChI is InChI=1S/C24H24ClN5O3/c25-19-14-17(7-8-21(19)33-15-18-4-1-2-9-27-18)30-24-23-20(28-16-29-24)5-3-6-22(23)32-13-11-26-10-12-31/h1-9,14,16,26,31H,10-13,15H2,(H,28,29,30). The number of benzene rings is 2.